The van der Waals surface area contributed by atoms with Crippen molar-refractivity contribution in [3.8, 4) is 0 Å². The summed E-state index contributed by atoms with van der Waals surface area (Å²) in [5.74, 6) is -1.28. The first-order valence-corrected chi connectivity index (χ1v) is 6.77. The third kappa shape index (κ3) is 3.66. The molecule has 0 fully saturated rings. The smallest absolute Gasteiger partial charge is 0.313 e. The second-order valence-corrected chi connectivity index (χ2v) is 4.86. The number of carbonyl (C=O) groups is 2. The van der Waals surface area contributed by atoms with Gasteiger partial charge in [0.05, 0.1) is 0 Å². The van der Waals surface area contributed by atoms with E-state index in [9.17, 15) is 9.59 Å². The predicted molar refractivity (Wildman–Crippen MR) is 76.0 cm³/mol. The number of aryl methyl sites for hydroxylation is 1. The molecule has 0 saturated heterocycles. The van der Waals surface area contributed by atoms with E-state index in [-0.39, 0.29) is 0 Å². The summed E-state index contributed by atoms with van der Waals surface area (Å²) in [5, 5.41) is 9.03. The van der Waals surface area contributed by atoms with Gasteiger partial charge in [0.1, 0.15) is 0 Å². The van der Waals surface area contributed by atoms with Gasteiger partial charge >= 0.3 is 11.8 Å². The van der Waals surface area contributed by atoms with Crippen molar-refractivity contribution in [2.24, 2.45) is 0 Å². The zero-order valence-corrected chi connectivity index (χ0v) is 11.3. The van der Waals surface area contributed by atoms with Crippen LogP contribution in [-0.2, 0) is 16.1 Å². The topological polar surface area (TPSA) is 58.2 Å². The molecule has 0 atom stereocenters. The molecule has 1 aromatic carbocycles. The van der Waals surface area contributed by atoms with Crippen molar-refractivity contribution in [3.63, 3.8) is 0 Å². The normalized spacial score (nSPS) is 9.95. The number of anilines is 1. The minimum absolute atomic E-state index is 0.365. The molecular formula is C14H14N2O2S. The molecular weight excluding hydrogens is 260 g/mol. The molecule has 98 valence electrons. The molecule has 2 aromatic rings. The van der Waals surface area contributed by atoms with Crippen molar-refractivity contribution in [1.29, 1.82) is 0 Å². The maximum Gasteiger partial charge on any atom is 0.313 e. The number of benzene rings is 1. The van der Waals surface area contributed by atoms with Gasteiger partial charge in [-0.25, -0.2) is 0 Å². The van der Waals surface area contributed by atoms with Crippen molar-refractivity contribution in [3.05, 3.63) is 52.2 Å². The van der Waals surface area contributed by atoms with Crippen molar-refractivity contribution in [2.75, 3.05) is 5.32 Å². The van der Waals surface area contributed by atoms with Crippen LogP contribution < -0.4 is 10.6 Å². The molecule has 0 radical (unpaired) electrons. The summed E-state index contributed by atoms with van der Waals surface area (Å²) in [6.45, 7) is 2.24. The predicted octanol–water partition coefficient (Wildman–Crippen LogP) is 2.31. The van der Waals surface area contributed by atoms with Crippen LogP contribution >= 0.6 is 11.3 Å². The Labute approximate surface area is 115 Å². The van der Waals surface area contributed by atoms with Gasteiger partial charge in [0.15, 0.2) is 0 Å². The molecule has 19 heavy (non-hydrogen) atoms. The highest BCUT2D eigenvalue weighted by molar-refractivity contribution is 7.07. The molecule has 0 aliphatic heterocycles. The highest BCUT2D eigenvalue weighted by Crippen LogP contribution is 2.12. The average molecular weight is 274 g/mol. The van der Waals surface area contributed by atoms with E-state index in [1.54, 1.807) is 17.4 Å². The number of thiophene rings is 1. The first kappa shape index (κ1) is 13.3. The highest BCUT2D eigenvalue weighted by Gasteiger charge is 2.13. The summed E-state index contributed by atoms with van der Waals surface area (Å²) < 4.78 is 0. The minimum Gasteiger partial charge on any atom is -0.344 e. The van der Waals surface area contributed by atoms with Gasteiger partial charge in [0.2, 0.25) is 0 Å². The molecule has 0 unspecified atom stereocenters. The number of rotatable bonds is 3. The van der Waals surface area contributed by atoms with E-state index in [0.717, 1.165) is 11.1 Å². The standard InChI is InChI=1S/C14H14N2O2S/c1-10-4-2-3-5-12(10)16-14(18)13(17)15-8-11-6-7-19-9-11/h2-7,9H,8H2,1H3,(H,15,17)(H,16,18). The van der Waals surface area contributed by atoms with Crippen LogP contribution in [0.4, 0.5) is 5.69 Å². The Morgan fingerprint density at radius 3 is 2.63 bits per heavy atom. The Hall–Kier alpha value is -2.14. The molecule has 0 aliphatic rings. The number of nitrogens with one attached hydrogen (secondary N) is 2. The van der Waals surface area contributed by atoms with E-state index in [4.69, 9.17) is 0 Å². The largest absolute Gasteiger partial charge is 0.344 e. The quantitative estimate of drug-likeness (QED) is 0.844. The second kappa shape index (κ2) is 6.15. The molecule has 0 saturated carbocycles. The molecule has 0 spiro atoms. The van der Waals surface area contributed by atoms with Gasteiger partial charge in [0.25, 0.3) is 0 Å². The van der Waals surface area contributed by atoms with Gasteiger partial charge < -0.3 is 10.6 Å². The van der Waals surface area contributed by atoms with Crippen LogP contribution in [0.1, 0.15) is 11.1 Å². The van der Waals surface area contributed by atoms with E-state index >= 15 is 0 Å². The molecule has 2 amide bonds. The highest BCUT2D eigenvalue weighted by atomic mass is 32.1. The fourth-order valence-corrected chi connectivity index (χ4v) is 2.22. The van der Waals surface area contributed by atoms with Gasteiger partial charge in [-0.1, -0.05) is 18.2 Å². The molecule has 0 aliphatic carbocycles. The lowest BCUT2D eigenvalue weighted by molar-refractivity contribution is -0.136. The third-order valence-electron chi connectivity index (χ3n) is 2.63. The molecule has 1 heterocycles. The Bertz CT molecular complexity index is 579. The summed E-state index contributed by atoms with van der Waals surface area (Å²) in [7, 11) is 0. The lowest BCUT2D eigenvalue weighted by Gasteiger charge is -2.08. The van der Waals surface area contributed by atoms with Crippen molar-refractivity contribution in [1.82, 2.24) is 5.32 Å². The van der Waals surface area contributed by atoms with Gasteiger partial charge in [-0.15, -0.1) is 0 Å². The Morgan fingerprint density at radius 1 is 1.16 bits per heavy atom. The lowest BCUT2D eigenvalue weighted by atomic mass is 10.2. The summed E-state index contributed by atoms with van der Waals surface area (Å²) in [6, 6.07) is 9.23. The van der Waals surface area contributed by atoms with Gasteiger partial charge in [-0.3, -0.25) is 9.59 Å². The van der Waals surface area contributed by atoms with Crippen LogP contribution in [0, 0.1) is 6.92 Å². The van der Waals surface area contributed by atoms with Crippen LogP contribution in [0.25, 0.3) is 0 Å². The average Bonchev–Trinajstić information content (AvgIpc) is 2.91. The molecule has 4 nitrogen and oxygen atoms in total. The molecule has 2 N–H and O–H groups in total. The fourth-order valence-electron chi connectivity index (χ4n) is 1.55. The Balaban J connectivity index is 1.89. The van der Waals surface area contributed by atoms with Gasteiger partial charge in [-0.2, -0.15) is 11.3 Å². The fraction of sp³-hybridized carbons (Fsp3) is 0.143. The number of carbonyl (C=O) groups excluding carboxylic acids is 2. The molecule has 0 bridgehead atoms. The van der Waals surface area contributed by atoms with E-state index < -0.39 is 11.8 Å². The van der Waals surface area contributed by atoms with Crippen LogP contribution in [0.5, 0.6) is 0 Å². The molecule has 5 heteroatoms. The van der Waals surface area contributed by atoms with Crippen molar-refractivity contribution in [2.45, 2.75) is 13.5 Å². The van der Waals surface area contributed by atoms with E-state index in [0.29, 0.717) is 12.2 Å². The van der Waals surface area contributed by atoms with E-state index in [1.165, 1.54) is 0 Å². The number of hydrogen-bond donors (Lipinski definition) is 2. The van der Waals surface area contributed by atoms with Crippen LogP contribution in [0.3, 0.4) is 0 Å². The monoisotopic (exact) mass is 274 g/mol. The summed E-state index contributed by atoms with van der Waals surface area (Å²) in [6.07, 6.45) is 0. The first-order valence-electron chi connectivity index (χ1n) is 5.82. The zero-order valence-electron chi connectivity index (χ0n) is 10.5. The lowest BCUT2D eigenvalue weighted by Crippen LogP contribution is -2.35. The van der Waals surface area contributed by atoms with E-state index in [1.807, 2.05) is 41.9 Å². The maximum absolute atomic E-state index is 11.7. The number of hydrogen-bond acceptors (Lipinski definition) is 3. The minimum atomic E-state index is -0.649. The van der Waals surface area contributed by atoms with Crippen LogP contribution in [0.2, 0.25) is 0 Å². The van der Waals surface area contributed by atoms with Gasteiger partial charge in [-0.05, 0) is 40.9 Å². The van der Waals surface area contributed by atoms with Crippen LogP contribution in [-0.4, -0.2) is 11.8 Å². The SMILES string of the molecule is Cc1ccccc1NC(=O)C(=O)NCc1ccsc1. The van der Waals surface area contributed by atoms with Crippen LogP contribution in [0.15, 0.2) is 41.1 Å². The molecule has 2 rings (SSSR count). The third-order valence-corrected chi connectivity index (χ3v) is 3.36. The zero-order chi connectivity index (χ0) is 13.7. The van der Waals surface area contributed by atoms with E-state index in [2.05, 4.69) is 10.6 Å². The van der Waals surface area contributed by atoms with Gasteiger partial charge in [0, 0.05) is 12.2 Å². The summed E-state index contributed by atoms with van der Waals surface area (Å²) in [5.41, 5.74) is 2.56. The number of amides is 2. The van der Waals surface area contributed by atoms with Crippen molar-refractivity contribution < 1.29 is 9.59 Å². The second-order valence-electron chi connectivity index (χ2n) is 4.08. The number of para-hydroxylation sites is 1. The Morgan fingerprint density at radius 2 is 1.95 bits per heavy atom. The summed E-state index contributed by atoms with van der Waals surface area (Å²) >= 11 is 1.55. The Kier molecular flexibility index (Phi) is 4.30. The maximum atomic E-state index is 11.7. The first-order chi connectivity index (χ1) is 9.16. The van der Waals surface area contributed by atoms with Crippen molar-refractivity contribution >= 4 is 28.8 Å². The molecule has 1 aromatic heterocycles. The summed E-state index contributed by atoms with van der Waals surface area (Å²) in [4.78, 5) is 23.3.